The zero-order valence-corrected chi connectivity index (χ0v) is 8.07. The van der Waals surface area contributed by atoms with Gasteiger partial charge in [-0.25, -0.2) is 13.2 Å². The molecule has 0 spiro atoms. The molecule has 1 aromatic rings. The molecule has 14 heavy (non-hydrogen) atoms. The van der Waals surface area contributed by atoms with Gasteiger partial charge < -0.3 is 5.32 Å². The molecule has 0 aromatic heterocycles. The largest absolute Gasteiger partial charge is 0.380 e. The molecule has 0 saturated carbocycles. The maximum absolute atomic E-state index is 13.0. The molecule has 0 bridgehead atoms. The average molecular weight is 203 g/mol. The number of nitrogens with one attached hydrogen (secondary N) is 1. The normalized spacial score (nSPS) is 10.7. The first-order valence-electron chi connectivity index (χ1n) is 4.39. The number of hydrogen-bond acceptors (Lipinski definition) is 1. The summed E-state index contributed by atoms with van der Waals surface area (Å²) < 4.78 is 38.5. The van der Waals surface area contributed by atoms with Crippen LogP contribution < -0.4 is 5.32 Å². The lowest BCUT2D eigenvalue weighted by molar-refractivity contribution is 0.545. The summed E-state index contributed by atoms with van der Waals surface area (Å²) in [7, 11) is 0. The Balaban J connectivity index is 2.86. The van der Waals surface area contributed by atoms with Gasteiger partial charge >= 0.3 is 0 Å². The molecule has 0 saturated heterocycles. The number of rotatable bonds is 3. The highest BCUT2D eigenvalue weighted by Gasteiger charge is 2.10. The monoisotopic (exact) mass is 203 g/mol. The molecular weight excluding hydrogens is 191 g/mol. The predicted octanol–water partition coefficient (Wildman–Crippen LogP) is 3.17. The van der Waals surface area contributed by atoms with Crippen molar-refractivity contribution in [3.63, 3.8) is 0 Å². The fourth-order valence-corrected chi connectivity index (χ4v) is 1.02. The molecule has 0 atom stereocenters. The van der Waals surface area contributed by atoms with Crippen LogP contribution in [0.25, 0.3) is 0 Å². The molecule has 0 aliphatic carbocycles. The Morgan fingerprint density at radius 3 is 2.07 bits per heavy atom. The maximum atomic E-state index is 13.0. The number of benzene rings is 1. The molecule has 1 nitrogen and oxygen atoms in total. The number of halogens is 3. The van der Waals surface area contributed by atoms with Crippen LogP contribution in [0, 0.1) is 23.4 Å². The van der Waals surface area contributed by atoms with Gasteiger partial charge in [0.05, 0.1) is 0 Å². The van der Waals surface area contributed by atoms with Crippen molar-refractivity contribution in [1.82, 2.24) is 0 Å². The zero-order valence-electron chi connectivity index (χ0n) is 8.07. The minimum atomic E-state index is -0.907. The van der Waals surface area contributed by atoms with Crippen LogP contribution in [0.3, 0.4) is 0 Å². The summed E-state index contributed by atoms with van der Waals surface area (Å²) in [6, 6.07) is 1.32. The van der Waals surface area contributed by atoms with E-state index in [1.165, 1.54) is 0 Å². The molecule has 0 radical (unpaired) electrons. The first kappa shape index (κ1) is 10.9. The highest BCUT2D eigenvalue weighted by atomic mass is 19.1. The van der Waals surface area contributed by atoms with E-state index in [2.05, 4.69) is 5.32 Å². The summed E-state index contributed by atoms with van der Waals surface area (Å²) in [6.45, 7) is 4.26. The molecule has 0 unspecified atom stereocenters. The Labute approximate surface area is 80.9 Å². The van der Waals surface area contributed by atoms with Gasteiger partial charge in [0.15, 0.2) is 11.6 Å². The van der Waals surface area contributed by atoms with Gasteiger partial charge in [-0.3, -0.25) is 0 Å². The molecule has 0 heterocycles. The summed E-state index contributed by atoms with van der Waals surface area (Å²) in [5, 5.41) is 2.59. The van der Waals surface area contributed by atoms with Crippen LogP contribution in [-0.4, -0.2) is 6.54 Å². The second-order valence-electron chi connectivity index (χ2n) is 3.52. The van der Waals surface area contributed by atoms with Crippen LogP contribution in [0.15, 0.2) is 12.1 Å². The third-order valence-corrected chi connectivity index (χ3v) is 1.69. The van der Waals surface area contributed by atoms with Crippen molar-refractivity contribution in [3.8, 4) is 0 Å². The maximum Gasteiger partial charge on any atom is 0.152 e. The van der Waals surface area contributed by atoms with E-state index in [0.717, 1.165) is 0 Å². The summed E-state index contributed by atoms with van der Waals surface area (Å²) >= 11 is 0. The lowest BCUT2D eigenvalue weighted by Crippen LogP contribution is -2.10. The molecule has 4 heteroatoms. The smallest absolute Gasteiger partial charge is 0.152 e. The highest BCUT2D eigenvalue weighted by Crippen LogP contribution is 2.20. The van der Waals surface area contributed by atoms with E-state index in [9.17, 15) is 13.2 Å². The molecule has 78 valence electrons. The van der Waals surface area contributed by atoms with E-state index >= 15 is 0 Å². The standard InChI is InChI=1S/C10H12F3N/c1-6(2)5-14-10-8(12)3-7(11)4-9(10)13/h3-4,6,14H,5H2,1-2H3. The van der Waals surface area contributed by atoms with Gasteiger partial charge in [0.1, 0.15) is 11.5 Å². The van der Waals surface area contributed by atoms with Gasteiger partial charge in [-0.1, -0.05) is 13.8 Å². The third kappa shape index (κ3) is 2.65. The summed E-state index contributed by atoms with van der Waals surface area (Å²) in [5.41, 5.74) is -0.264. The summed E-state index contributed by atoms with van der Waals surface area (Å²) in [4.78, 5) is 0. The van der Waals surface area contributed by atoms with Gasteiger partial charge in [-0.15, -0.1) is 0 Å². The van der Waals surface area contributed by atoms with E-state index in [1.807, 2.05) is 13.8 Å². The van der Waals surface area contributed by atoms with Crippen molar-refractivity contribution in [2.45, 2.75) is 13.8 Å². The van der Waals surface area contributed by atoms with Gasteiger partial charge in [-0.05, 0) is 5.92 Å². The van der Waals surface area contributed by atoms with Crippen molar-refractivity contribution >= 4 is 5.69 Å². The lowest BCUT2D eigenvalue weighted by Gasteiger charge is -2.10. The minimum absolute atomic E-state index is 0.263. The molecule has 0 aliphatic heterocycles. The summed E-state index contributed by atoms with van der Waals surface area (Å²) in [6.07, 6.45) is 0. The van der Waals surface area contributed by atoms with E-state index in [-0.39, 0.29) is 11.6 Å². The predicted molar refractivity (Wildman–Crippen MR) is 49.6 cm³/mol. The fourth-order valence-electron chi connectivity index (χ4n) is 1.02. The third-order valence-electron chi connectivity index (χ3n) is 1.69. The topological polar surface area (TPSA) is 12.0 Å². The Hall–Kier alpha value is -1.19. The van der Waals surface area contributed by atoms with Crippen molar-refractivity contribution in [2.24, 2.45) is 5.92 Å². The van der Waals surface area contributed by atoms with Crippen molar-refractivity contribution in [1.29, 1.82) is 0 Å². The molecule has 0 amide bonds. The molecule has 0 fully saturated rings. The first-order valence-corrected chi connectivity index (χ1v) is 4.39. The number of hydrogen-bond donors (Lipinski definition) is 1. The first-order chi connectivity index (χ1) is 6.50. The molecular formula is C10H12F3N. The van der Waals surface area contributed by atoms with E-state index < -0.39 is 17.5 Å². The average Bonchev–Trinajstić information content (AvgIpc) is 2.01. The SMILES string of the molecule is CC(C)CNc1c(F)cc(F)cc1F. The summed E-state index contributed by atoms with van der Waals surface area (Å²) in [5.74, 6) is -2.44. The van der Waals surface area contributed by atoms with Crippen molar-refractivity contribution in [2.75, 3.05) is 11.9 Å². The number of anilines is 1. The molecule has 1 aromatic carbocycles. The fraction of sp³-hybridized carbons (Fsp3) is 0.400. The van der Waals surface area contributed by atoms with Crippen LogP contribution in [0.5, 0.6) is 0 Å². The van der Waals surface area contributed by atoms with Crippen LogP contribution in [0.1, 0.15) is 13.8 Å². The minimum Gasteiger partial charge on any atom is -0.380 e. The Bertz CT molecular complexity index is 300. The van der Waals surface area contributed by atoms with Crippen LogP contribution in [0.2, 0.25) is 0 Å². The highest BCUT2D eigenvalue weighted by molar-refractivity contribution is 5.46. The van der Waals surface area contributed by atoms with E-state index in [4.69, 9.17) is 0 Å². The van der Waals surface area contributed by atoms with Crippen LogP contribution >= 0.6 is 0 Å². The Kier molecular flexibility index (Phi) is 3.38. The second kappa shape index (κ2) is 4.35. The second-order valence-corrected chi connectivity index (χ2v) is 3.52. The van der Waals surface area contributed by atoms with Gasteiger partial charge in [0.2, 0.25) is 0 Å². The molecule has 0 aliphatic rings. The molecule has 1 rings (SSSR count). The zero-order chi connectivity index (χ0) is 10.7. The van der Waals surface area contributed by atoms with Crippen LogP contribution in [0.4, 0.5) is 18.9 Å². The van der Waals surface area contributed by atoms with Gasteiger partial charge in [0, 0.05) is 18.7 Å². The Morgan fingerprint density at radius 1 is 1.14 bits per heavy atom. The Morgan fingerprint density at radius 2 is 1.64 bits per heavy atom. The van der Waals surface area contributed by atoms with E-state index in [0.29, 0.717) is 18.7 Å². The van der Waals surface area contributed by atoms with Crippen molar-refractivity contribution in [3.05, 3.63) is 29.6 Å². The quantitative estimate of drug-likeness (QED) is 0.795. The van der Waals surface area contributed by atoms with Crippen molar-refractivity contribution < 1.29 is 13.2 Å². The van der Waals surface area contributed by atoms with Gasteiger partial charge in [-0.2, -0.15) is 0 Å². The van der Waals surface area contributed by atoms with Crippen LogP contribution in [-0.2, 0) is 0 Å². The lowest BCUT2D eigenvalue weighted by atomic mass is 10.2. The molecule has 1 N–H and O–H groups in total. The van der Waals surface area contributed by atoms with E-state index in [1.54, 1.807) is 0 Å². The van der Waals surface area contributed by atoms with Gasteiger partial charge in [0.25, 0.3) is 0 Å².